The van der Waals surface area contributed by atoms with Crippen LogP contribution in [0.2, 0.25) is 0 Å². The van der Waals surface area contributed by atoms with Crippen LogP contribution in [0.4, 0.5) is 8.78 Å². The second-order valence-electron chi connectivity index (χ2n) is 8.76. The number of fused-ring (bicyclic) bond motifs is 1. The lowest BCUT2D eigenvalue weighted by Gasteiger charge is -2.34. The molecule has 0 spiro atoms. The first-order valence-electron chi connectivity index (χ1n) is 11.1. The maximum atomic E-state index is 13.3. The Hall–Kier alpha value is -2.48. The molecule has 1 unspecified atom stereocenters. The lowest BCUT2D eigenvalue weighted by molar-refractivity contribution is -0.135. The first-order chi connectivity index (χ1) is 14.8. The Morgan fingerprint density at radius 3 is 2.55 bits per heavy atom. The molecule has 0 aliphatic carbocycles. The van der Waals surface area contributed by atoms with Gasteiger partial charge >= 0.3 is 0 Å². The van der Waals surface area contributed by atoms with Gasteiger partial charge < -0.3 is 19.7 Å². The first kappa shape index (κ1) is 21.7. The van der Waals surface area contributed by atoms with Crippen LogP contribution in [0.5, 0.6) is 0 Å². The number of halogens is 2. The third kappa shape index (κ3) is 4.44. The molecule has 6 nitrogen and oxygen atoms in total. The van der Waals surface area contributed by atoms with E-state index in [4.69, 9.17) is 0 Å². The zero-order valence-corrected chi connectivity index (χ0v) is 18.1. The minimum Gasteiger partial charge on any atom is -0.340 e. The molecule has 8 heteroatoms. The molecule has 3 heterocycles. The van der Waals surface area contributed by atoms with E-state index >= 15 is 0 Å². The van der Waals surface area contributed by atoms with Crippen LogP contribution in [0.1, 0.15) is 48.7 Å². The molecule has 0 radical (unpaired) electrons. The summed E-state index contributed by atoms with van der Waals surface area (Å²) in [5.74, 6) is 0.0502. The van der Waals surface area contributed by atoms with Gasteiger partial charge in [-0.3, -0.25) is 9.59 Å². The number of piperazine rings is 1. The fourth-order valence-electron chi connectivity index (χ4n) is 4.77. The van der Waals surface area contributed by atoms with E-state index in [-0.39, 0.29) is 23.8 Å². The number of hydrogen-bond acceptors (Lipinski definition) is 3. The van der Waals surface area contributed by atoms with Gasteiger partial charge in [0.25, 0.3) is 12.3 Å². The quantitative estimate of drug-likeness (QED) is 0.790. The van der Waals surface area contributed by atoms with Gasteiger partial charge in [0.05, 0.1) is 6.54 Å². The van der Waals surface area contributed by atoms with Gasteiger partial charge in [-0.1, -0.05) is 6.07 Å². The number of carbonyl (C=O) groups is 2. The summed E-state index contributed by atoms with van der Waals surface area (Å²) in [6.45, 7) is 6.79. The highest BCUT2D eigenvalue weighted by atomic mass is 19.3. The van der Waals surface area contributed by atoms with Gasteiger partial charge in [0.15, 0.2) is 0 Å². The number of piperidine rings is 1. The molecule has 31 heavy (non-hydrogen) atoms. The van der Waals surface area contributed by atoms with E-state index in [1.54, 1.807) is 11.0 Å². The molecule has 2 aliphatic heterocycles. The van der Waals surface area contributed by atoms with Crippen molar-refractivity contribution in [2.45, 2.75) is 51.6 Å². The molecular formula is C23H30F2N4O2. The fraction of sp³-hybridized carbons (Fsp3) is 0.565. The fourth-order valence-corrected chi connectivity index (χ4v) is 4.77. The van der Waals surface area contributed by atoms with Crippen LogP contribution in [0.3, 0.4) is 0 Å². The van der Waals surface area contributed by atoms with E-state index in [0.717, 1.165) is 23.9 Å². The average molecular weight is 433 g/mol. The first-order valence-corrected chi connectivity index (χ1v) is 11.1. The van der Waals surface area contributed by atoms with Gasteiger partial charge in [-0.2, -0.15) is 0 Å². The topological polar surface area (TPSA) is 57.6 Å². The van der Waals surface area contributed by atoms with Gasteiger partial charge in [-0.05, 0) is 49.9 Å². The summed E-state index contributed by atoms with van der Waals surface area (Å²) in [4.78, 5) is 29.2. The Bertz CT molecular complexity index is 966. The molecule has 1 aromatic carbocycles. The highest BCUT2D eigenvalue weighted by Crippen LogP contribution is 2.33. The second kappa shape index (κ2) is 8.94. The summed E-state index contributed by atoms with van der Waals surface area (Å²) in [5.41, 5.74) is 1.97. The number of likely N-dealkylation sites (tertiary alicyclic amines) is 1. The molecule has 2 aliphatic rings. The number of benzene rings is 1. The predicted octanol–water partition coefficient (Wildman–Crippen LogP) is 3.07. The summed E-state index contributed by atoms with van der Waals surface area (Å²) in [6.07, 6.45) is -1.23. The number of alkyl halides is 2. The smallest absolute Gasteiger partial charge is 0.270 e. The minimum absolute atomic E-state index is 0.109. The van der Waals surface area contributed by atoms with Crippen molar-refractivity contribution in [1.82, 2.24) is 19.7 Å². The largest absolute Gasteiger partial charge is 0.340 e. The Morgan fingerprint density at radius 2 is 1.90 bits per heavy atom. The van der Waals surface area contributed by atoms with E-state index in [1.807, 2.05) is 36.9 Å². The molecule has 1 atom stereocenters. The van der Waals surface area contributed by atoms with Crippen molar-refractivity contribution in [2.75, 3.05) is 32.7 Å². The summed E-state index contributed by atoms with van der Waals surface area (Å²) < 4.78 is 28.1. The molecular weight excluding hydrogens is 402 g/mol. The predicted molar refractivity (Wildman–Crippen MR) is 116 cm³/mol. The van der Waals surface area contributed by atoms with Crippen LogP contribution in [-0.4, -0.2) is 71.4 Å². The minimum atomic E-state index is -2.55. The van der Waals surface area contributed by atoms with E-state index < -0.39 is 13.0 Å². The zero-order chi connectivity index (χ0) is 22.1. The lowest BCUT2D eigenvalue weighted by atomic mass is 9.88. The Kier molecular flexibility index (Phi) is 6.27. The highest BCUT2D eigenvalue weighted by Gasteiger charge is 2.29. The lowest BCUT2D eigenvalue weighted by Crippen LogP contribution is -2.46. The summed E-state index contributed by atoms with van der Waals surface area (Å²) >= 11 is 0. The van der Waals surface area contributed by atoms with Crippen molar-refractivity contribution in [1.29, 1.82) is 0 Å². The summed E-state index contributed by atoms with van der Waals surface area (Å²) in [7, 11) is 0. The molecule has 168 valence electrons. The number of hydrogen-bond donors (Lipinski definition) is 1. The van der Waals surface area contributed by atoms with Gasteiger partial charge in [0, 0.05) is 56.1 Å². The van der Waals surface area contributed by atoms with Gasteiger partial charge in [0.1, 0.15) is 5.69 Å². The van der Waals surface area contributed by atoms with Crippen LogP contribution in [0, 0.1) is 0 Å². The van der Waals surface area contributed by atoms with E-state index in [1.165, 1.54) is 4.57 Å². The van der Waals surface area contributed by atoms with Crippen LogP contribution in [0.15, 0.2) is 24.3 Å². The summed E-state index contributed by atoms with van der Waals surface area (Å²) in [6, 6.07) is 7.64. The number of amides is 2. The normalized spacial score (nSPS) is 20.3. The molecule has 0 bridgehead atoms. The number of carbonyl (C=O) groups excluding carboxylic acids is 2. The van der Waals surface area contributed by atoms with Crippen molar-refractivity contribution in [3.8, 4) is 0 Å². The Labute approximate surface area is 181 Å². The number of nitrogens with zero attached hydrogens (tertiary/aromatic N) is 3. The second-order valence-corrected chi connectivity index (χ2v) is 8.76. The van der Waals surface area contributed by atoms with E-state index in [0.29, 0.717) is 43.8 Å². The van der Waals surface area contributed by atoms with Crippen LogP contribution in [-0.2, 0) is 11.3 Å². The zero-order valence-electron chi connectivity index (χ0n) is 18.1. The maximum absolute atomic E-state index is 13.3. The number of rotatable bonds is 5. The van der Waals surface area contributed by atoms with E-state index in [2.05, 4.69) is 5.32 Å². The molecule has 2 aromatic rings. The number of nitrogens with one attached hydrogen (secondary N) is 1. The molecule has 2 fully saturated rings. The molecule has 2 saturated heterocycles. The molecule has 2 amide bonds. The van der Waals surface area contributed by atoms with Gasteiger partial charge in [-0.15, -0.1) is 0 Å². The van der Waals surface area contributed by atoms with Crippen molar-refractivity contribution in [3.63, 3.8) is 0 Å². The van der Waals surface area contributed by atoms with Crippen molar-refractivity contribution < 1.29 is 18.4 Å². The standard InChI is InChI=1S/C23H30F2N4O2/c1-15(2)28-8-5-17(13-22(28)30)16-3-4-19-18(11-16)12-20(29(19)14-21(24)25)23(31)27-9-6-26-7-10-27/h3-4,11-12,15,17,21,26H,5-10,13-14H2,1-2H3. The molecule has 1 aromatic heterocycles. The monoisotopic (exact) mass is 432 g/mol. The SMILES string of the molecule is CC(C)N1CCC(c2ccc3c(c2)cc(C(=O)N2CCNCC2)n3CC(F)F)CC1=O. The van der Waals surface area contributed by atoms with Crippen molar-refractivity contribution in [3.05, 3.63) is 35.5 Å². The summed E-state index contributed by atoms with van der Waals surface area (Å²) in [5, 5.41) is 3.97. The maximum Gasteiger partial charge on any atom is 0.270 e. The molecule has 1 N–H and O–H groups in total. The average Bonchev–Trinajstić information content (AvgIpc) is 3.10. The molecule has 0 saturated carbocycles. The van der Waals surface area contributed by atoms with Crippen LogP contribution >= 0.6 is 0 Å². The van der Waals surface area contributed by atoms with Gasteiger partial charge in [-0.25, -0.2) is 8.78 Å². The van der Waals surface area contributed by atoms with E-state index in [9.17, 15) is 18.4 Å². The molecule has 4 rings (SSSR count). The van der Waals surface area contributed by atoms with Crippen LogP contribution < -0.4 is 5.32 Å². The Morgan fingerprint density at radius 1 is 1.16 bits per heavy atom. The third-order valence-corrected chi connectivity index (χ3v) is 6.42. The Balaban J connectivity index is 1.65. The highest BCUT2D eigenvalue weighted by molar-refractivity contribution is 5.99. The van der Waals surface area contributed by atoms with Crippen molar-refractivity contribution in [2.24, 2.45) is 0 Å². The van der Waals surface area contributed by atoms with Gasteiger partial charge in [0.2, 0.25) is 5.91 Å². The van der Waals surface area contributed by atoms with Crippen LogP contribution in [0.25, 0.3) is 10.9 Å². The third-order valence-electron chi connectivity index (χ3n) is 6.42. The number of aromatic nitrogens is 1. The van der Waals surface area contributed by atoms with Crippen molar-refractivity contribution >= 4 is 22.7 Å².